The van der Waals surface area contributed by atoms with E-state index < -0.39 is 11.1 Å². The van der Waals surface area contributed by atoms with E-state index >= 15 is 0 Å². The van der Waals surface area contributed by atoms with Crippen molar-refractivity contribution in [1.82, 2.24) is 19.7 Å². The fourth-order valence-corrected chi connectivity index (χ4v) is 2.88. The molecule has 0 saturated carbocycles. The number of H-pyrrole nitrogens is 1. The van der Waals surface area contributed by atoms with Crippen molar-refractivity contribution in [3.05, 3.63) is 46.3 Å². The molecule has 3 heterocycles. The van der Waals surface area contributed by atoms with Gasteiger partial charge in [0.15, 0.2) is 5.82 Å². The summed E-state index contributed by atoms with van der Waals surface area (Å²) in [5.74, 6) is 0.557. The van der Waals surface area contributed by atoms with Gasteiger partial charge in [0.2, 0.25) is 0 Å². The number of rotatable bonds is 2. The van der Waals surface area contributed by atoms with Crippen LogP contribution in [0.4, 0.5) is 13.2 Å². The van der Waals surface area contributed by atoms with Crippen molar-refractivity contribution in [3.63, 3.8) is 0 Å². The second-order valence-electron chi connectivity index (χ2n) is 4.04. The maximum atomic E-state index is 12.6. The van der Waals surface area contributed by atoms with Crippen LogP contribution in [0.25, 0.3) is 16.4 Å². The van der Waals surface area contributed by atoms with Crippen molar-refractivity contribution < 1.29 is 13.2 Å². The largest absolute Gasteiger partial charge is 0.427 e. The first-order valence-electron chi connectivity index (χ1n) is 5.72. The van der Waals surface area contributed by atoms with Crippen LogP contribution in [0.3, 0.4) is 0 Å². The summed E-state index contributed by atoms with van der Waals surface area (Å²) in [7, 11) is 0. The number of nitrogens with zero attached hydrogens (tertiary/aromatic N) is 3. The lowest BCUT2D eigenvalue weighted by Gasteiger charge is -2.00. The highest BCUT2D eigenvalue weighted by molar-refractivity contribution is 7.71. The van der Waals surface area contributed by atoms with Crippen LogP contribution in [0.2, 0.25) is 0 Å². The predicted molar refractivity (Wildman–Crippen MR) is 74.9 cm³/mol. The molecule has 0 atom stereocenters. The molecule has 9 heteroatoms. The van der Waals surface area contributed by atoms with Crippen LogP contribution < -0.4 is 0 Å². The Morgan fingerprint density at radius 2 is 2.05 bits per heavy atom. The topological polar surface area (TPSA) is 46.5 Å². The van der Waals surface area contributed by atoms with Gasteiger partial charge in [-0.1, -0.05) is 18.3 Å². The first-order chi connectivity index (χ1) is 9.97. The van der Waals surface area contributed by atoms with Gasteiger partial charge in [-0.05, 0) is 12.1 Å². The number of aromatic amines is 1. The smallest absolute Gasteiger partial charge is 0.298 e. The number of halogens is 3. The zero-order chi connectivity index (χ0) is 15.0. The van der Waals surface area contributed by atoms with E-state index in [0.29, 0.717) is 27.4 Å². The molecule has 108 valence electrons. The highest BCUT2D eigenvalue weighted by Gasteiger charge is 2.33. The Hall–Kier alpha value is -2.00. The molecule has 0 fully saturated rings. The maximum absolute atomic E-state index is 12.6. The summed E-state index contributed by atoms with van der Waals surface area (Å²) in [6.07, 6.45) is -0.462. The zero-order valence-corrected chi connectivity index (χ0v) is 11.9. The molecule has 3 aromatic heterocycles. The van der Waals surface area contributed by atoms with Crippen molar-refractivity contribution in [3.8, 4) is 16.4 Å². The third-order valence-corrected chi connectivity index (χ3v) is 4.14. The van der Waals surface area contributed by atoms with Crippen LogP contribution in [0.1, 0.15) is 4.88 Å². The van der Waals surface area contributed by atoms with E-state index in [1.54, 1.807) is 24.4 Å². The quantitative estimate of drug-likeness (QED) is 0.721. The Morgan fingerprint density at radius 1 is 1.24 bits per heavy atom. The molecule has 3 rings (SSSR count). The summed E-state index contributed by atoms with van der Waals surface area (Å²) in [4.78, 5) is 7.18. The van der Waals surface area contributed by atoms with Gasteiger partial charge in [-0.15, -0.1) is 11.3 Å². The zero-order valence-electron chi connectivity index (χ0n) is 10.3. The minimum absolute atomic E-state index is 0.221. The minimum Gasteiger partial charge on any atom is -0.298 e. The van der Waals surface area contributed by atoms with E-state index in [-0.39, 0.29) is 5.01 Å². The van der Waals surface area contributed by atoms with Gasteiger partial charge in [0, 0.05) is 12.4 Å². The normalized spacial score (nSPS) is 11.8. The lowest BCUT2D eigenvalue weighted by molar-refractivity contribution is -0.134. The third kappa shape index (κ3) is 2.61. The van der Waals surface area contributed by atoms with Gasteiger partial charge in [-0.25, -0.2) is 14.6 Å². The second kappa shape index (κ2) is 5.08. The van der Waals surface area contributed by atoms with E-state index in [0.717, 1.165) is 6.20 Å². The molecule has 0 amide bonds. The van der Waals surface area contributed by atoms with Gasteiger partial charge >= 0.3 is 6.18 Å². The highest BCUT2D eigenvalue weighted by Crippen LogP contribution is 2.36. The van der Waals surface area contributed by atoms with Crippen molar-refractivity contribution >= 4 is 23.6 Å². The van der Waals surface area contributed by atoms with Gasteiger partial charge in [0.1, 0.15) is 14.5 Å². The van der Waals surface area contributed by atoms with Gasteiger partial charge in [-0.3, -0.25) is 5.10 Å². The molecule has 0 aliphatic rings. The molecule has 4 nitrogen and oxygen atoms in total. The molecular weight excluding hydrogens is 321 g/mol. The fraction of sp³-hybridized carbons (Fsp3) is 0.0833. The monoisotopic (exact) mass is 328 g/mol. The molecule has 0 radical (unpaired) electrons. The van der Waals surface area contributed by atoms with Crippen LogP contribution in [0.15, 0.2) is 36.8 Å². The van der Waals surface area contributed by atoms with Gasteiger partial charge in [0.25, 0.3) is 0 Å². The Bertz CT molecular complexity index is 817. The van der Waals surface area contributed by atoms with Gasteiger partial charge in [0.05, 0.1) is 11.8 Å². The second-order valence-corrected chi connectivity index (χ2v) is 5.46. The lowest BCUT2D eigenvalue weighted by Crippen LogP contribution is -2.00. The molecule has 3 aromatic rings. The van der Waals surface area contributed by atoms with E-state index in [1.807, 2.05) is 0 Å². The van der Waals surface area contributed by atoms with Gasteiger partial charge < -0.3 is 0 Å². The molecule has 0 aliphatic carbocycles. The maximum Gasteiger partial charge on any atom is 0.427 e. The van der Waals surface area contributed by atoms with E-state index in [9.17, 15) is 13.2 Å². The summed E-state index contributed by atoms with van der Waals surface area (Å²) in [6.45, 7) is 0. The van der Waals surface area contributed by atoms with Crippen LogP contribution in [-0.2, 0) is 6.18 Å². The molecule has 0 unspecified atom stereocenters. The van der Waals surface area contributed by atoms with Crippen molar-refractivity contribution in [2.24, 2.45) is 0 Å². The lowest BCUT2D eigenvalue weighted by atomic mass is 10.4. The number of aromatic nitrogens is 4. The third-order valence-electron chi connectivity index (χ3n) is 2.67. The molecule has 0 bridgehead atoms. The summed E-state index contributed by atoms with van der Waals surface area (Å²) in [5, 5.41) is 3.09. The summed E-state index contributed by atoms with van der Waals surface area (Å²) in [5.41, 5.74) is 0.441. The summed E-state index contributed by atoms with van der Waals surface area (Å²) >= 11 is 5.83. The Morgan fingerprint density at radius 3 is 2.67 bits per heavy atom. The van der Waals surface area contributed by atoms with Crippen molar-refractivity contribution in [2.75, 3.05) is 0 Å². The average molecular weight is 328 g/mol. The predicted octanol–water partition coefficient (Wildman–Crippen LogP) is 4.07. The van der Waals surface area contributed by atoms with E-state index in [1.165, 1.54) is 10.9 Å². The SMILES string of the molecule is FC(F)(F)c1cnc(-c2c[nH]n(-c3ccccn3)c2=S)s1. The van der Waals surface area contributed by atoms with E-state index in [4.69, 9.17) is 12.2 Å². The van der Waals surface area contributed by atoms with Crippen LogP contribution in [0, 0.1) is 4.64 Å². The molecule has 0 saturated heterocycles. The van der Waals surface area contributed by atoms with Gasteiger partial charge in [-0.2, -0.15) is 13.2 Å². The van der Waals surface area contributed by atoms with Crippen molar-refractivity contribution in [1.29, 1.82) is 0 Å². The minimum atomic E-state index is -4.40. The average Bonchev–Trinajstić information content (AvgIpc) is 3.05. The number of alkyl halides is 3. The standard InChI is InChI=1S/C12H7F3N4S2/c13-12(14,15)8-6-17-10(21-8)7-5-18-19(11(7)20)9-3-1-2-4-16-9/h1-6,18H. The van der Waals surface area contributed by atoms with Crippen LogP contribution in [-0.4, -0.2) is 19.7 Å². The Balaban J connectivity index is 2.04. The first kappa shape index (κ1) is 14.0. The Labute approximate surface area is 125 Å². The highest BCUT2D eigenvalue weighted by atomic mass is 32.1. The summed E-state index contributed by atoms with van der Waals surface area (Å²) in [6, 6.07) is 5.28. The molecule has 0 aromatic carbocycles. The first-order valence-corrected chi connectivity index (χ1v) is 6.94. The fourth-order valence-electron chi connectivity index (χ4n) is 1.71. The summed E-state index contributed by atoms with van der Waals surface area (Å²) < 4.78 is 39.7. The molecule has 21 heavy (non-hydrogen) atoms. The molecule has 0 aliphatic heterocycles. The number of pyridine rings is 1. The Kier molecular flexibility index (Phi) is 3.38. The van der Waals surface area contributed by atoms with E-state index in [2.05, 4.69) is 15.1 Å². The van der Waals surface area contributed by atoms with Crippen molar-refractivity contribution in [2.45, 2.75) is 6.18 Å². The number of thiazole rings is 1. The molecule has 1 N–H and O–H groups in total. The number of hydrogen-bond acceptors (Lipinski definition) is 4. The van der Waals surface area contributed by atoms with Crippen LogP contribution in [0.5, 0.6) is 0 Å². The molecular formula is C12H7F3N4S2. The number of nitrogens with one attached hydrogen (secondary N) is 1. The van der Waals surface area contributed by atoms with Crippen LogP contribution >= 0.6 is 23.6 Å². The molecule has 0 spiro atoms. The number of hydrogen-bond donors (Lipinski definition) is 1.